The molecule has 5 nitrogen and oxygen atoms in total. The van der Waals surface area contributed by atoms with Crippen LogP contribution in [0.25, 0.3) is 0 Å². The molecule has 3 N–H and O–H groups in total. The second-order valence-electron chi connectivity index (χ2n) is 5.62. The maximum absolute atomic E-state index is 10.3. The molecule has 0 bridgehead atoms. The molecule has 0 aromatic heterocycles. The van der Waals surface area contributed by atoms with Crippen molar-refractivity contribution in [1.82, 2.24) is 4.90 Å². The average molecular weight is 278 g/mol. The molecule has 2 aliphatic rings. The summed E-state index contributed by atoms with van der Waals surface area (Å²) in [4.78, 5) is 2.25. The van der Waals surface area contributed by atoms with Gasteiger partial charge in [-0.1, -0.05) is 12.1 Å². The van der Waals surface area contributed by atoms with Gasteiger partial charge in [0.2, 0.25) is 0 Å². The van der Waals surface area contributed by atoms with E-state index in [-0.39, 0.29) is 6.10 Å². The van der Waals surface area contributed by atoms with E-state index in [9.17, 15) is 5.11 Å². The highest BCUT2D eigenvalue weighted by Gasteiger charge is 2.29. The highest BCUT2D eigenvalue weighted by atomic mass is 16.6. The van der Waals surface area contributed by atoms with Crippen LogP contribution >= 0.6 is 0 Å². The SMILES string of the molecule is NC1CCN(CC(O)C2COc3ccccc3O2)CC1. The van der Waals surface area contributed by atoms with Gasteiger partial charge in [-0.3, -0.25) is 0 Å². The zero-order valence-electron chi connectivity index (χ0n) is 11.6. The highest BCUT2D eigenvalue weighted by molar-refractivity contribution is 5.40. The van der Waals surface area contributed by atoms with Gasteiger partial charge in [0.1, 0.15) is 12.7 Å². The molecule has 0 aliphatic carbocycles. The Kier molecular flexibility index (Phi) is 4.10. The van der Waals surface area contributed by atoms with Crippen LogP contribution in [0.1, 0.15) is 12.8 Å². The average Bonchev–Trinajstić information content (AvgIpc) is 2.49. The molecule has 2 aliphatic heterocycles. The number of fused-ring (bicyclic) bond motifs is 1. The number of aliphatic hydroxyl groups is 1. The summed E-state index contributed by atoms with van der Waals surface area (Å²) in [5.74, 6) is 1.46. The molecule has 2 atom stereocenters. The number of ether oxygens (including phenoxy) is 2. The van der Waals surface area contributed by atoms with Crippen LogP contribution in [0.4, 0.5) is 0 Å². The van der Waals surface area contributed by atoms with Crippen molar-refractivity contribution in [2.24, 2.45) is 5.73 Å². The molecule has 0 radical (unpaired) electrons. The molecular formula is C15H22N2O3. The molecule has 1 fully saturated rings. The molecule has 20 heavy (non-hydrogen) atoms. The van der Waals surface area contributed by atoms with Gasteiger partial charge in [-0.05, 0) is 38.1 Å². The van der Waals surface area contributed by atoms with Gasteiger partial charge in [0.25, 0.3) is 0 Å². The second-order valence-corrected chi connectivity index (χ2v) is 5.62. The molecule has 110 valence electrons. The summed E-state index contributed by atoms with van der Waals surface area (Å²) in [5.41, 5.74) is 5.89. The van der Waals surface area contributed by atoms with E-state index in [1.165, 1.54) is 0 Å². The minimum Gasteiger partial charge on any atom is -0.486 e. The third-order valence-electron chi connectivity index (χ3n) is 4.04. The predicted molar refractivity (Wildman–Crippen MR) is 76.0 cm³/mol. The fourth-order valence-electron chi connectivity index (χ4n) is 2.74. The van der Waals surface area contributed by atoms with Crippen LogP contribution in [0.3, 0.4) is 0 Å². The van der Waals surface area contributed by atoms with Crippen molar-refractivity contribution < 1.29 is 14.6 Å². The van der Waals surface area contributed by atoms with E-state index in [1.54, 1.807) is 0 Å². The Balaban J connectivity index is 1.55. The lowest BCUT2D eigenvalue weighted by Gasteiger charge is -2.35. The minimum atomic E-state index is -0.544. The Morgan fingerprint density at radius 2 is 1.95 bits per heavy atom. The van der Waals surface area contributed by atoms with Crippen molar-refractivity contribution in [2.75, 3.05) is 26.2 Å². The van der Waals surface area contributed by atoms with Gasteiger partial charge in [-0.15, -0.1) is 0 Å². The van der Waals surface area contributed by atoms with Crippen molar-refractivity contribution in [2.45, 2.75) is 31.1 Å². The summed E-state index contributed by atoms with van der Waals surface area (Å²) in [6, 6.07) is 7.88. The quantitative estimate of drug-likeness (QED) is 0.848. The zero-order chi connectivity index (χ0) is 13.9. The molecule has 0 saturated carbocycles. The molecular weight excluding hydrogens is 256 g/mol. The zero-order valence-corrected chi connectivity index (χ0v) is 11.6. The Bertz CT molecular complexity index is 446. The molecule has 1 aromatic carbocycles. The van der Waals surface area contributed by atoms with Crippen LogP contribution in [0.15, 0.2) is 24.3 Å². The van der Waals surface area contributed by atoms with Gasteiger partial charge < -0.3 is 25.2 Å². The smallest absolute Gasteiger partial charge is 0.161 e. The first kappa shape index (κ1) is 13.7. The second kappa shape index (κ2) is 5.99. The topological polar surface area (TPSA) is 68.0 Å². The van der Waals surface area contributed by atoms with Crippen molar-refractivity contribution in [3.63, 3.8) is 0 Å². The van der Waals surface area contributed by atoms with Gasteiger partial charge in [0.05, 0.1) is 0 Å². The van der Waals surface area contributed by atoms with Crippen molar-refractivity contribution in [3.05, 3.63) is 24.3 Å². The Labute approximate surface area is 119 Å². The fourth-order valence-corrected chi connectivity index (χ4v) is 2.74. The molecule has 2 unspecified atom stereocenters. The lowest BCUT2D eigenvalue weighted by atomic mass is 10.0. The number of β-amino-alcohol motifs (C(OH)–C–C–N with tert-alkyl or cyclic N) is 1. The van der Waals surface area contributed by atoms with Crippen molar-refractivity contribution >= 4 is 0 Å². The maximum Gasteiger partial charge on any atom is 0.161 e. The summed E-state index contributed by atoms with van der Waals surface area (Å²) >= 11 is 0. The van der Waals surface area contributed by atoms with Gasteiger partial charge in [-0.2, -0.15) is 0 Å². The first-order valence-electron chi connectivity index (χ1n) is 7.27. The fraction of sp³-hybridized carbons (Fsp3) is 0.600. The monoisotopic (exact) mass is 278 g/mol. The molecule has 1 saturated heterocycles. The first-order valence-corrected chi connectivity index (χ1v) is 7.27. The van der Waals surface area contributed by atoms with E-state index < -0.39 is 6.10 Å². The number of hydrogen-bond donors (Lipinski definition) is 2. The maximum atomic E-state index is 10.3. The van der Waals surface area contributed by atoms with E-state index in [4.69, 9.17) is 15.2 Å². The number of likely N-dealkylation sites (tertiary alicyclic amines) is 1. The van der Waals surface area contributed by atoms with E-state index in [1.807, 2.05) is 24.3 Å². The molecule has 5 heteroatoms. The number of para-hydroxylation sites is 2. The van der Waals surface area contributed by atoms with Crippen LogP contribution in [-0.4, -0.2) is 54.5 Å². The summed E-state index contributed by atoms with van der Waals surface area (Å²) in [6.07, 6.45) is 1.15. The molecule has 3 rings (SSSR count). The standard InChI is InChI=1S/C15H22N2O3/c16-11-5-7-17(8-6-11)9-12(18)15-10-19-13-3-1-2-4-14(13)20-15/h1-4,11-12,15,18H,5-10,16H2. The van der Waals surface area contributed by atoms with E-state index >= 15 is 0 Å². The third kappa shape index (κ3) is 3.06. The number of nitrogens with zero attached hydrogens (tertiary/aromatic N) is 1. The van der Waals surface area contributed by atoms with Gasteiger partial charge in [-0.25, -0.2) is 0 Å². The van der Waals surface area contributed by atoms with Crippen LogP contribution in [0, 0.1) is 0 Å². The van der Waals surface area contributed by atoms with Crippen molar-refractivity contribution in [3.8, 4) is 11.5 Å². The largest absolute Gasteiger partial charge is 0.486 e. The number of rotatable bonds is 3. The summed E-state index contributed by atoms with van der Waals surface area (Å²) in [6.45, 7) is 2.90. The van der Waals surface area contributed by atoms with Gasteiger partial charge in [0.15, 0.2) is 17.6 Å². The third-order valence-corrected chi connectivity index (χ3v) is 4.04. The predicted octanol–water partition coefficient (Wildman–Crippen LogP) is 0.610. The number of aliphatic hydroxyl groups excluding tert-OH is 1. The lowest BCUT2D eigenvalue weighted by Crippen LogP contribution is -2.49. The molecule has 2 heterocycles. The molecule has 0 spiro atoms. The Morgan fingerprint density at radius 1 is 1.25 bits per heavy atom. The number of piperidine rings is 1. The van der Waals surface area contributed by atoms with Crippen LogP contribution in [-0.2, 0) is 0 Å². The van der Waals surface area contributed by atoms with Crippen molar-refractivity contribution in [1.29, 1.82) is 0 Å². The molecule has 0 amide bonds. The van der Waals surface area contributed by atoms with Gasteiger partial charge in [0, 0.05) is 12.6 Å². The summed E-state index contributed by atoms with van der Waals surface area (Å²) in [7, 11) is 0. The van der Waals surface area contributed by atoms with E-state index in [2.05, 4.69) is 4.90 Å². The normalized spacial score (nSPS) is 25.4. The van der Waals surface area contributed by atoms with Gasteiger partial charge >= 0.3 is 0 Å². The van der Waals surface area contributed by atoms with E-state index in [0.29, 0.717) is 24.9 Å². The lowest BCUT2D eigenvalue weighted by molar-refractivity contribution is -0.0279. The van der Waals surface area contributed by atoms with Crippen LogP contribution < -0.4 is 15.2 Å². The minimum absolute atomic E-state index is 0.305. The Morgan fingerprint density at radius 3 is 2.70 bits per heavy atom. The number of benzene rings is 1. The van der Waals surface area contributed by atoms with Crippen LogP contribution in [0.5, 0.6) is 11.5 Å². The highest BCUT2D eigenvalue weighted by Crippen LogP contribution is 2.31. The number of nitrogens with two attached hydrogens (primary N) is 1. The van der Waals surface area contributed by atoms with E-state index in [0.717, 1.165) is 31.7 Å². The number of hydrogen-bond acceptors (Lipinski definition) is 5. The molecule has 1 aromatic rings. The first-order chi connectivity index (χ1) is 9.72. The summed E-state index contributed by atoms with van der Waals surface area (Å²) < 4.78 is 11.5. The van der Waals surface area contributed by atoms with Crippen LogP contribution in [0.2, 0.25) is 0 Å². The summed E-state index contributed by atoms with van der Waals surface area (Å²) in [5, 5.41) is 10.3. The Hall–Kier alpha value is -1.30.